The number of likely N-dealkylation sites (tertiary alicyclic amines) is 1. The van der Waals surface area contributed by atoms with Crippen LogP contribution in [0.25, 0.3) is 0 Å². The molecule has 0 N–H and O–H groups in total. The summed E-state index contributed by atoms with van der Waals surface area (Å²) >= 11 is 0. The highest BCUT2D eigenvalue weighted by atomic mass is 16.5. The fraction of sp³-hybridized carbons (Fsp3) is 0.867. The zero-order chi connectivity index (χ0) is 15.2. The lowest BCUT2D eigenvalue weighted by molar-refractivity contribution is -0.151. The van der Waals surface area contributed by atoms with E-state index >= 15 is 0 Å². The summed E-state index contributed by atoms with van der Waals surface area (Å²) in [6.45, 7) is 8.05. The Morgan fingerprint density at radius 1 is 1.29 bits per heavy atom. The Labute approximate surface area is 126 Å². The maximum Gasteiger partial charge on any atom is 0.310 e. The number of hydrogen-bond acceptors (Lipinski definition) is 5. The van der Waals surface area contributed by atoms with Crippen molar-refractivity contribution in [2.24, 2.45) is 5.92 Å². The molecule has 0 saturated carbocycles. The first-order chi connectivity index (χ1) is 10.1. The molecule has 6 heteroatoms. The Bertz CT molecular complexity index is 375. The van der Waals surface area contributed by atoms with Gasteiger partial charge >= 0.3 is 5.97 Å². The SMILES string of the molecule is CCOC(=O)[C@@H]1CCCN(CC(=O)N2CCOC(C)C2)C1. The summed E-state index contributed by atoms with van der Waals surface area (Å²) in [4.78, 5) is 28.1. The zero-order valence-corrected chi connectivity index (χ0v) is 13.0. The molecule has 0 spiro atoms. The second kappa shape index (κ2) is 7.75. The summed E-state index contributed by atoms with van der Waals surface area (Å²) in [5, 5.41) is 0. The fourth-order valence-corrected chi connectivity index (χ4v) is 2.99. The van der Waals surface area contributed by atoms with Crippen LogP contribution >= 0.6 is 0 Å². The molecule has 0 radical (unpaired) electrons. The molecule has 0 bridgehead atoms. The first kappa shape index (κ1) is 16.2. The minimum Gasteiger partial charge on any atom is -0.466 e. The summed E-state index contributed by atoms with van der Waals surface area (Å²) in [6, 6.07) is 0. The van der Waals surface area contributed by atoms with Gasteiger partial charge in [-0.1, -0.05) is 0 Å². The molecular formula is C15H26N2O4. The highest BCUT2D eigenvalue weighted by Crippen LogP contribution is 2.18. The van der Waals surface area contributed by atoms with Gasteiger partial charge in [0, 0.05) is 19.6 Å². The number of piperidine rings is 1. The van der Waals surface area contributed by atoms with Crippen LogP contribution in [0, 0.1) is 5.92 Å². The van der Waals surface area contributed by atoms with Crippen LogP contribution < -0.4 is 0 Å². The minimum absolute atomic E-state index is 0.0879. The largest absolute Gasteiger partial charge is 0.466 e. The number of morpholine rings is 1. The number of amides is 1. The number of ether oxygens (including phenoxy) is 2. The van der Waals surface area contributed by atoms with E-state index in [-0.39, 0.29) is 23.9 Å². The number of carbonyl (C=O) groups is 2. The molecule has 0 aromatic heterocycles. The molecule has 21 heavy (non-hydrogen) atoms. The van der Waals surface area contributed by atoms with E-state index in [2.05, 4.69) is 4.90 Å². The van der Waals surface area contributed by atoms with E-state index in [0.717, 1.165) is 19.4 Å². The van der Waals surface area contributed by atoms with Gasteiger partial charge in [0.25, 0.3) is 0 Å². The van der Waals surface area contributed by atoms with E-state index in [4.69, 9.17) is 9.47 Å². The van der Waals surface area contributed by atoms with Gasteiger partial charge in [0.1, 0.15) is 0 Å². The van der Waals surface area contributed by atoms with E-state index in [1.165, 1.54) is 0 Å². The van der Waals surface area contributed by atoms with Gasteiger partial charge in [0.15, 0.2) is 0 Å². The van der Waals surface area contributed by atoms with E-state index in [1.807, 2.05) is 18.7 Å². The summed E-state index contributed by atoms with van der Waals surface area (Å²) < 4.78 is 10.5. The fourth-order valence-electron chi connectivity index (χ4n) is 2.99. The number of carbonyl (C=O) groups excluding carboxylic acids is 2. The summed E-state index contributed by atoms with van der Waals surface area (Å²) in [7, 11) is 0. The quantitative estimate of drug-likeness (QED) is 0.708. The highest BCUT2D eigenvalue weighted by Gasteiger charge is 2.29. The smallest absolute Gasteiger partial charge is 0.310 e. The van der Waals surface area contributed by atoms with Crippen molar-refractivity contribution < 1.29 is 19.1 Å². The lowest BCUT2D eigenvalue weighted by Crippen LogP contribution is -2.50. The molecule has 0 aromatic carbocycles. The van der Waals surface area contributed by atoms with E-state index in [9.17, 15) is 9.59 Å². The van der Waals surface area contributed by atoms with Crippen LogP contribution in [-0.2, 0) is 19.1 Å². The Morgan fingerprint density at radius 3 is 2.81 bits per heavy atom. The lowest BCUT2D eigenvalue weighted by Gasteiger charge is -2.35. The zero-order valence-electron chi connectivity index (χ0n) is 13.0. The first-order valence-corrected chi connectivity index (χ1v) is 7.88. The van der Waals surface area contributed by atoms with E-state index < -0.39 is 0 Å². The van der Waals surface area contributed by atoms with Crippen molar-refractivity contribution in [3.63, 3.8) is 0 Å². The number of rotatable bonds is 4. The van der Waals surface area contributed by atoms with Gasteiger partial charge in [0.2, 0.25) is 5.91 Å². The van der Waals surface area contributed by atoms with Gasteiger partial charge in [-0.25, -0.2) is 0 Å². The summed E-state index contributed by atoms with van der Waals surface area (Å²) in [6.07, 6.45) is 1.91. The molecule has 2 aliphatic rings. The first-order valence-electron chi connectivity index (χ1n) is 7.88. The van der Waals surface area contributed by atoms with Crippen molar-refractivity contribution in [1.82, 2.24) is 9.80 Å². The highest BCUT2D eigenvalue weighted by molar-refractivity contribution is 5.78. The van der Waals surface area contributed by atoms with Crippen molar-refractivity contribution >= 4 is 11.9 Å². The van der Waals surface area contributed by atoms with Crippen LogP contribution in [0.5, 0.6) is 0 Å². The molecule has 120 valence electrons. The second-order valence-electron chi connectivity index (χ2n) is 5.85. The Kier molecular flexibility index (Phi) is 5.99. The Hall–Kier alpha value is -1.14. The maximum atomic E-state index is 12.3. The van der Waals surface area contributed by atoms with Gasteiger partial charge in [0.05, 0.1) is 31.8 Å². The molecule has 2 heterocycles. The van der Waals surface area contributed by atoms with Crippen molar-refractivity contribution in [1.29, 1.82) is 0 Å². The van der Waals surface area contributed by atoms with Gasteiger partial charge in [-0.3, -0.25) is 14.5 Å². The van der Waals surface area contributed by atoms with Gasteiger partial charge in [-0.05, 0) is 33.2 Å². The molecule has 2 rings (SSSR count). The Morgan fingerprint density at radius 2 is 2.10 bits per heavy atom. The molecule has 2 atom stereocenters. The average molecular weight is 298 g/mol. The normalized spacial score (nSPS) is 27.4. The molecule has 2 aliphatic heterocycles. The molecule has 2 fully saturated rings. The van der Waals surface area contributed by atoms with E-state index in [1.54, 1.807) is 0 Å². The monoisotopic (exact) mass is 298 g/mol. The lowest BCUT2D eigenvalue weighted by atomic mass is 9.98. The van der Waals surface area contributed by atoms with Crippen LogP contribution in [0.4, 0.5) is 0 Å². The second-order valence-corrected chi connectivity index (χ2v) is 5.85. The Balaban J connectivity index is 1.81. The van der Waals surface area contributed by atoms with Crippen molar-refractivity contribution in [3.05, 3.63) is 0 Å². The third kappa shape index (κ3) is 4.68. The predicted octanol–water partition coefficient (Wildman–Crippen LogP) is 0.509. The van der Waals surface area contributed by atoms with Crippen LogP contribution in [-0.4, -0.2) is 73.7 Å². The molecule has 0 aliphatic carbocycles. The average Bonchev–Trinajstić information content (AvgIpc) is 2.48. The topological polar surface area (TPSA) is 59.1 Å². The van der Waals surface area contributed by atoms with Crippen LogP contribution in [0.2, 0.25) is 0 Å². The molecular weight excluding hydrogens is 272 g/mol. The van der Waals surface area contributed by atoms with Crippen molar-refractivity contribution in [3.8, 4) is 0 Å². The third-order valence-electron chi connectivity index (χ3n) is 4.08. The number of nitrogens with zero attached hydrogens (tertiary/aromatic N) is 2. The van der Waals surface area contributed by atoms with Gasteiger partial charge in [-0.15, -0.1) is 0 Å². The number of hydrogen-bond donors (Lipinski definition) is 0. The van der Waals surface area contributed by atoms with E-state index in [0.29, 0.717) is 39.4 Å². The van der Waals surface area contributed by atoms with Gasteiger partial charge < -0.3 is 14.4 Å². The summed E-state index contributed by atoms with van der Waals surface area (Å²) in [5.41, 5.74) is 0. The molecule has 1 amide bonds. The van der Waals surface area contributed by atoms with Crippen LogP contribution in [0.3, 0.4) is 0 Å². The number of esters is 1. The molecule has 1 unspecified atom stereocenters. The van der Waals surface area contributed by atoms with Crippen LogP contribution in [0.1, 0.15) is 26.7 Å². The minimum atomic E-state index is -0.130. The predicted molar refractivity (Wildman–Crippen MR) is 77.8 cm³/mol. The van der Waals surface area contributed by atoms with Gasteiger partial charge in [-0.2, -0.15) is 0 Å². The summed E-state index contributed by atoms with van der Waals surface area (Å²) in [5.74, 6) is -0.0839. The molecule has 2 saturated heterocycles. The third-order valence-corrected chi connectivity index (χ3v) is 4.08. The van der Waals surface area contributed by atoms with Crippen molar-refractivity contribution in [2.75, 3.05) is 45.9 Å². The maximum absolute atomic E-state index is 12.3. The molecule has 0 aromatic rings. The standard InChI is InChI=1S/C15H26N2O4/c1-3-20-15(19)13-5-4-6-16(10-13)11-14(18)17-7-8-21-12(2)9-17/h12-13H,3-11H2,1-2H3/t12?,13-/m1/s1. The molecule has 6 nitrogen and oxygen atoms in total. The van der Waals surface area contributed by atoms with Crippen molar-refractivity contribution in [2.45, 2.75) is 32.8 Å². The van der Waals surface area contributed by atoms with Crippen LogP contribution in [0.15, 0.2) is 0 Å².